The van der Waals surface area contributed by atoms with Gasteiger partial charge in [-0.3, -0.25) is 14.5 Å². The number of aliphatic carboxylic acids is 1. The summed E-state index contributed by atoms with van der Waals surface area (Å²) >= 11 is 0. The van der Waals surface area contributed by atoms with Gasteiger partial charge >= 0.3 is 5.97 Å². The fraction of sp³-hybridized carbons (Fsp3) is 0.300. The minimum atomic E-state index is -1.05. The molecule has 1 atom stereocenters. The van der Waals surface area contributed by atoms with Crippen LogP contribution in [0.1, 0.15) is 6.42 Å². The third kappa shape index (κ3) is 1.73. The van der Waals surface area contributed by atoms with Crippen molar-refractivity contribution >= 4 is 17.7 Å². The van der Waals surface area contributed by atoms with E-state index in [9.17, 15) is 14.0 Å². The maximum Gasteiger partial charge on any atom is 0.308 e. The Kier molecular flexibility index (Phi) is 2.55. The zero-order chi connectivity index (χ0) is 11.7. The molecule has 2 heterocycles. The van der Waals surface area contributed by atoms with Gasteiger partial charge in [0.1, 0.15) is 0 Å². The Balaban J connectivity index is 2.27. The second-order valence-electron chi connectivity index (χ2n) is 3.55. The Morgan fingerprint density at radius 2 is 2.38 bits per heavy atom. The zero-order valence-electron chi connectivity index (χ0n) is 8.26. The monoisotopic (exact) mass is 224 g/mol. The molecule has 5 nitrogen and oxygen atoms in total. The van der Waals surface area contributed by atoms with Gasteiger partial charge in [0, 0.05) is 19.2 Å². The van der Waals surface area contributed by atoms with E-state index >= 15 is 0 Å². The van der Waals surface area contributed by atoms with E-state index in [1.54, 1.807) is 0 Å². The number of carboxylic acid groups (broad SMARTS) is 1. The van der Waals surface area contributed by atoms with Crippen LogP contribution in [0.2, 0.25) is 0 Å². The smallest absolute Gasteiger partial charge is 0.308 e. The van der Waals surface area contributed by atoms with Crippen molar-refractivity contribution in [2.24, 2.45) is 5.92 Å². The number of amides is 1. The van der Waals surface area contributed by atoms with Gasteiger partial charge in [-0.2, -0.15) is 0 Å². The molecule has 1 aromatic heterocycles. The summed E-state index contributed by atoms with van der Waals surface area (Å²) in [6.45, 7) is -0.0257. The summed E-state index contributed by atoms with van der Waals surface area (Å²) in [6, 6.07) is 2.60. The first-order chi connectivity index (χ1) is 7.59. The first-order valence-corrected chi connectivity index (χ1v) is 4.73. The van der Waals surface area contributed by atoms with Crippen molar-refractivity contribution in [3.8, 4) is 0 Å². The lowest BCUT2D eigenvalue weighted by atomic mass is 10.1. The molecule has 1 aromatic rings. The number of aromatic nitrogens is 1. The van der Waals surface area contributed by atoms with E-state index in [1.807, 2.05) is 0 Å². The topological polar surface area (TPSA) is 70.5 Å². The van der Waals surface area contributed by atoms with Crippen molar-refractivity contribution in [3.05, 3.63) is 24.1 Å². The summed E-state index contributed by atoms with van der Waals surface area (Å²) in [7, 11) is 0. The van der Waals surface area contributed by atoms with Gasteiger partial charge in [0.2, 0.25) is 5.91 Å². The first kappa shape index (κ1) is 10.5. The fourth-order valence-corrected chi connectivity index (χ4v) is 1.65. The van der Waals surface area contributed by atoms with Gasteiger partial charge in [-0.05, 0) is 12.1 Å². The molecular weight excluding hydrogens is 215 g/mol. The second-order valence-corrected chi connectivity index (χ2v) is 3.55. The van der Waals surface area contributed by atoms with Crippen LogP contribution in [-0.4, -0.2) is 28.5 Å². The van der Waals surface area contributed by atoms with Gasteiger partial charge in [0.05, 0.1) is 5.92 Å². The van der Waals surface area contributed by atoms with E-state index < -0.39 is 23.6 Å². The van der Waals surface area contributed by atoms with Crippen LogP contribution in [0.5, 0.6) is 0 Å². The molecule has 1 N–H and O–H groups in total. The predicted molar refractivity (Wildman–Crippen MR) is 52.3 cm³/mol. The van der Waals surface area contributed by atoms with Crippen LogP contribution in [0.25, 0.3) is 0 Å². The summed E-state index contributed by atoms with van der Waals surface area (Å²) in [5.74, 6) is -2.97. The third-order valence-corrected chi connectivity index (χ3v) is 2.47. The lowest BCUT2D eigenvalue weighted by molar-refractivity contribution is -0.141. The fourth-order valence-electron chi connectivity index (χ4n) is 1.65. The van der Waals surface area contributed by atoms with Gasteiger partial charge in [0.15, 0.2) is 11.6 Å². The van der Waals surface area contributed by atoms with Gasteiger partial charge in [0.25, 0.3) is 0 Å². The van der Waals surface area contributed by atoms with Crippen molar-refractivity contribution in [1.29, 1.82) is 0 Å². The number of anilines is 1. The van der Waals surface area contributed by atoms with E-state index in [0.29, 0.717) is 0 Å². The number of pyridine rings is 1. The number of carbonyl (C=O) groups is 2. The molecule has 0 saturated carbocycles. The largest absolute Gasteiger partial charge is 0.481 e. The molecule has 0 spiro atoms. The van der Waals surface area contributed by atoms with Gasteiger partial charge in [-0.25, -0.2) is 9.37 Å². The van der Waals surface area contributed by atoms with E-state index in [-0.39, 0.29) is 18.8 Å². The summed E-state index contributed by atoms with van der Waals surface area (Å²) in [5.41, 5.74) is 0. The lowest BCUT2D eigenvalue weighted by Gasteiger charge is -2.14. The summed E-state index contributed by atoms with van der Waals surface area (Å²) in [5, 5.41) is 8.77. The Morgan fingerprint density at radius 1 is 1.62 bits per heavy atom. The van der Waals surface area contributed by atoms with Crippen LogP contribution in [0.4, 0.5) is 10.2 Å². The van der Waals surface area contributed by atoms with E-state index in [0.717, 1.165) is 4.90 Å². The zero-order valence-corrected chi connectivity index (χ0v) is 8.26. The Labute approximate surface area is 90.5 Å². The molecule has 0 aliphatic carbocycles. The molecule has 16 heavy (non-hydrogen) atoms. The van der Waals surface area contributed by atoms with Crippen LogP contribution in [-0.2, 0) is 9.59 Å². The van der Waals surface area contributed by atoms with Gasteiger partial charge < -0.3 is 5.11 Å². The molecule has 2 rings (SSSR count). The molecule has 0 aromatic carbocycles. The molecule has 1 unspecified atom stereocenters. The number of carbonyl (C=O) groups excluding carboxylic acids is 1. The van der Waals surface area contributed by atoms with Gasteiger partial charge in [-0.1, -0.05) is 0 Å². The number of halogens is 1. The maximum atomic E-state index is 13.3. The number of hydrogen-bond acceptors (Lipinski definition) is 3. The van der Waals surface area contributed by atoms with Crippen molar-refractivity contribution in [1.82, 2.24) is 4.98 Å². The highest BCUT2D eigenvalue weighted by Crippen LogP contribution is 2.25. The van der Waals surface area contributed by atoms with Crippen LogP contribution < -0.4 is 4.90 Å². The number of carboxylic acids is 1. The van der Waals surface area contributed by atoms with Crippen molar-refractivity contribution in [2.75, 3.05) is 11.4 Å². The summed E-state index contributed by atoms with van der Waals surface area (Å²) < 4.78 is 13.3. The van der Waals surface area contributed by atoms with E-state index in [2.05, 4.69) is 4.98 Å². The Bertz CT molecular complexity index is 449. The summed E-state index contributed by atoms with van der Waals surface area (Å²) in [4.78, 5) is 27.0. The van der Waals surface area contributed by atoms with Crippen molar-refractivity contribution < 1.29 is 19.1 Å². The van der Waals surface area contributed by atoms with Crippen LogP contribution >= 0.6 is 0 Å². The molecule has 1 aliphatic rings. The number of rotatable bonds is 2. The molecule has 84 valence electrons. The van der Waals surface area contributed by atoms with E-state index in [4.69, 9.17) is 5.11 Å². The first-order valence-electron chi connectivity index (χ1n) is 4.73. The minimum absolute atomic E-state index is 0.0257. The predicted octanol–water partition coefficient (Wildman–Crippen LogP) is 0.658. The normalized spacial score (nSPS) is 20.2. The van der Waals surface area contributed by atoms with Crippen molar-refractivity contribution in [3.63, 3.8) is 0 Å². The van der Waals surface area contributed by atoms with Gasteiger partial charge in [-0.15, -0.1) is 0 Å². The van der Waals surface area contributed by atoms with Crippen LogP contribution in [0.3, 0.4) is 0 Å². The quantitative estimate of drug-likeness (QED) is 0.801. The van der Waals surface area contributed by atoms with E-state index in [1.165, 1.54) is 18.3 Å². The molecule has 6 heteroatoms. The average molecular weight is 224 g/mol. The molecule has 1 aliphatic heterocycles. The number of hydrogen-bond donors (Lipinski definition) is 1. The molecule has 1 amide bonds. The van der Waals surface area contributed by atoms with Crippen LogP contribution in [0, 0.1) is 11.7 Å². The molecule has 0 bridgehead atoms. The molecular formula is C10H9FN2O3. The Morgan fingerprint density at radius 3 is 2.94 bits per heavy atom. The molecule has 0 radical (unpaired) electrons. The highest BCUT2D eigenvalue weighted by atomic mass is 19.1. The number of nitrogens with zero attached hydrogens (tertiary/aromatic N) is 2. The minimum Gasteiger partial charge on any atom is -0.481 e. The maximum absolute atomic E-state index is 13.3. The average Bonchev–Trinajstić information content (AvgIpc) is 2.61. The highest BCUT2D eigenvalue weighted by Gasteiger charge is 2.36. The Hall–Kier alpha value is -1.98. The highest BCUT2D eigenvalue weighted by molar-refractivity contribution is 5.98. The van der Waals surface area contributed by atoms with Crippen molar-refractivity contribution in [2.45, 2.75) is 6.42 Å². The second kappa shape index (κ2) is 3.88. The molecule has 1 fully saturated rings. The third-order valence-electron chi connectivity index (χ3n) is 2.47. The standard InChI is InChI=1S/C10H9FN2O3/c11-7-2-1-3-12-9(7)13-5-6(10(15)16)4-8(13)14/h1-3,6H,4-5H2,(H,15,16). The van der Waals surface area contributed by atoms with Crippen LogP contribution in [0.15, 0.2) is 18.3 Å². The SMILES string of the molecule is O=C(O)C1CC(=O)N(c2ncccc2F)C1. The summed E-state index contributed by atoms with van der Waals surface area (Å²) in [6.07, 6.45) is 1.26. The lowest BCUT2D eigenvalue weighted by Crippen LogP contribution is -2.27. The molecule has 1 saturated heterocycles.